The molecule has 0 amide bonds. The Hall–Kier alpha value is -1.23. The third-order valence-electron chi connectivity index (χ3n) is 3.03. The third kappa shape index (κ3) is 1.46. The van der Waals surface area contributed by atoms with Crippen LogP contribution in [-0.4, -0.2) is 16.4 Å². The van der Waals surface area contributed by atoms with Gasteiger partial charge >= 0.3 is 6.18 Å². The number of phenolic OH excluding ortho intramolecular Hbond substituents is 1. The van der Waals surface area contributed by atoms with Crippen LogP contribution < -0.4 is 0 Å². The summed E-state index contributed by atoms with van der Waals surface area (Å²) in [6, 6.07) is 3.87. The van der Waals surface area contributed by atoms with E-state index in [1.165, 1.54) is 18.2 Å². The van der Waals surface area contributed by atoms with Crippen LogP contribution in [0, 0.1) is 0 Å². The lowest BCUT2D eigenvalue weighted by atomic mass is 9.78. The molecule has 0 saturated heterocycles. The summed E-state index contributed by atoms with van der Waals surface area (Å²) in [5.41, 5.74) is -2.83. The molecule has 2 N–H and O–H groups in total. The number of benzene rings is 1. The van der Waals surface area contributed by atoms with Crippen LogP contribution in [0.2, 0.25) is 0 Å². The number of rotatable bonds is 0. The van der Waals surface area contributed by atoms with Crippen molar-refractivity contribution >= 4 is 0 Å². The molecule has 2 nitrogen and oxygen atoms in total. The van der Waals surface area contributed by atoms with E-state index >= 15 is 0 Å². The van der Waals surface area contributed by atoms with Crippen LogP contribution in [0.1, 0.15) is 24.0 Å². The molecule has 0 aromatic heterocycles. The molecule has 1 aromatic carbocycles. The summed E-state index contributed by atoms with van der Waals surface area (Å²) in [7, 11) is 0. The molecule has 5 heteroatoms. The van der Waals surface area contributed by atoms with Gasteiger partial charge < -0.3 is 10.2 Å². The van der Waals surface area contributed by atoms with Gasteiger partial charge in [-0.05, 0) is 30.9 Å². The Bertz CT molecular complexity index is 414. The van der Waals surface area contributed by atoms with Crippen LogP contribution in [0.25, 0.3) is 0 Å². The van der Waals surface area contributed by atoms with Crippen molar-refractivity contribution in [3.8, 4) is 5.75 Å². The summed E-state index contributed by atoms with van der Waals surface area (Å²) < 4.78 is 38.4. The average molecular weight is 232 g/mol. The minimum absolute atomic E-state index is 0.181. The van der Waals surface area contributed by atoms with E-state index in [1.54, 1.807) is 0 Å². The van der Waals surface area contributed by atoms with Crippen molar-refractivity contribution in [2.24, 2.45) is 0 Å². The van der Waals surface area contributed by atoms with E-state index in [1.807, 2.05) is 0 Å². The Morgan fingerprint density at radius 3 is 2.56 bits per heavy atom. The minimum Gasteiger partial charge on any atom is -0.508 e. The van der Waals surface area contributed by atoms with Gasteiger partial charge in [-0.3, -0.25) is 0 Å². The predicted octanol–water partition coefficient (Wildman–Crippen LogP) is 2.48. The van der Waals surface area contributed by atoms with E-state index < -0.39 is 11.8 Å². The average Bonchev–Trinajstić information content (AvgIpc) is 2.18. The molecule has 0 heterocycles. The van der Waals surface area contributed by atoms with Crippen molar-refractivity contribution in [3.63, 3.8) is 0 Å². The fourth-order valence-corrected chi connectivity index (χ4v) is 2.17. The lowest BCUT2D eigenvalue weighted by Gasteiger charge is -2.36. The lowest BCUT2D eigenvalue weighted by Crippen LogP contribution is -2.44. The number of phenols is 1. The molecular weight excluding hydrogens is 221 g/mol. The number of hydrogen-bond acceptors (Lipinski definition) is 2. The molecule has 1 aliphatic carbocycles. The number of alkyl halides is 3. The SMILES string of the molecule is Oc1cccc2c1CCCC2(O)C(F)(F)F. The molecule has 0 spiro atoms. The standard InChI is InChI=1S/C11H11F3O2/c12-11(13,14)10(16)6-2-3-7-8(10)4-1-5-9(7)15/h1,4-5,15-16H,2-3,6H2. The van der Waals surface area contributed by atoms with Gasteiger partial charge in [0.25, 0.3) is 0 Å². The Morgan fingerprint density at radius 1 is 1.25 bits per heavy atom. The van der Waals surface area contributed by atoms with Gasteiger partial charge in [-0.25, -0.2) is 0 Å². The van der Waals surface area contributed by atoms with Crippen molar-refractivity contribution in [3.05, 3.63) is 29.3 Å². The van der Waals surface area contributed by atoms with Crippen LogP contribution in [0.5, 0.6) is 5.75 Å². The van der Waals surface area contributed by atoms with E-state index in [9.17, 15) is 23.4 Å². The Labute approximate surface area is 90.3 Å². The van der Waals surface area contributed by atoms with Gasteiger partial charge in [0.05, 0.1) is 0 Å². The normalized spacial score (nSPS) is 25.2. The summed E-state index contributed by atoms with van der Waals surface area (Å²) in [5, 5.41) is 19.2. The maximum atomic E-state index is 12.8. The van der Waals surface area contributed by atoms with Gasteiger partial charge in [0.15, 0.2) is 5.60 Å². The molecule has 88 valence electrons. The molecule has 0 aliphatic heterocycles. The molecule has 1 atom stereocenters. The zero-order valence-corrected chi connectivity index (χ0v) is 8.38. The molecule has 1 aromatic rings. The van der Waals surface area contributed by atoms with E-state index in [2.05, 4.69) is 0 Å². The number of halogens is 3. The molecule has 2 rings (SSSR count). The largest absolute Gasteiger partial charge is 0.508 e. The van der Waals surface area contributed by atoms with Gasteiger partial charge in [-0.2, -0.15) is 13.2 Å². The Morgan fingerprint density at radius 2 is 1.94 bits per heavy atom. The highest BCUT2D eigenvalue weighted by molar-refractivity contribution is 5.44. The second kappa shape index (κ2) is 3.38. The third-order valence-corrected chi connectivity index (χ3v) is 3.03. The molecule has 1 unspecified atom stereocenters. The first-order valence-electron chi connectivity index (χ1n) is 4.97. The van der Waals surface area contributed by atoms with E-state index in [4.69, 9.17) is 0 Å². The smallest absolute Gasteiger partial charge is 0.421 e. The summed E-state index contributed by atoms with van der Waals surface area (Å²) >= 11 is 0. The molecule has 0 radical (unpaired) electrons. The fourth-order valence-electron chi connectivity index (χ4n) is 2.17. The highest BCUT2D eigenvalue weighted by atomic mass is 19.4. The highest BCUT2D eigenvalue weighted by Gasteiger charge is 2.56. The predicted molar refractivity (Wildman–Crippen MR) is 51.0 cm³/mol. The first kappa shape index (κ1) is 11.3. The maximum Gasteiger partial charge on any atom is 0.421 e. The van der Waals surface area contributed by atoms with Crippen molar-refractivity contribution in [1.82, 2.24) is 0 Å². The first-order valence-corrected chi connectivity index (χ1v) is 4.97. The summed E-state index contributed by atoms with van der Waals surface area (Å²) in [4.78, 5) is 0. The van der Waals surface area contributed by atoms with Gasteiger partial charge in [0, 0.05) is 5.56 Å². The van der Waals surface area contributed by atoms with Gasteiger partial charge in [-0.15, -0.1) is 0 Å². The van der Waals surface area contributed by atoms with Gasteiger partial charge in [0.2, 0.25) is 0 Å². The quantitative estimate of drug-likeness (QED) is 0.721. The Balaban J connectivity index is 2.61. The van der Waals surface area contributed by atoms with E-state index in [0.29, 0.717) is 6.42 Å². The maximum absolute atomic E-state index is 12.8. The highest BCUT2D eigenvalue weighted by Crippen LogP contribution is 2.48. The second-order valence-corrected chi connectivity index (χ2v) is 4.01. The molecule has 0 saturated carbocycles. The molecule has 0 bridgehead atoms. The molecule has 0 fully saturated rings. The summed E-state index contributed by atoms with van der Waals surface area (Å²) in [6.07, 6.45) is -4.50. The van der Waals surface area contributed by atoms with E-state index in [-0.39, 0.29) is 29.7 Å². The van der Waals surface area contributed by atoms with Gasteiger partial charge in [-0.1, -0.05) is 12.1 Å². The minimum atomic E-state index is -4.71. The van der Waals surface area contributed by atoms with Crippen molar-refractivity contribution in [2.75, 3.05) is 0 Å². The van der Waals surface area contributed by atoms with Crippen molar-refractivity contribution in [2.45, 2.75) is 31.0 Å². The summed E-state index contributed by atoms with van der Waals surface area (Å²) in [6.45, 7) is 0. The number of aliphatic hydroxyl groups is 1. The van der Waals surface area contributed by atoms with Crippen LogP contribution in [-0.2, 0) is 12.0 Å². The lowest BCUT2D eigenvalue weighted by molar-refractivity contribution is -0.271. The second-order valence-electron chi connectivity index (χ2n) is 4.01. The van der Waals surface area contributed by atoms with Crippen LogP contribution >= 0.6 is 0 Å². The first-order chi connectivity index (χ1) is 7.36. The monoisotopic (exact) mass is 232 g/mol. The summed E-state index contributed by atoms with van der Waals surface area (Å²) in [5.74, 6) is -0.181. The van der Waals surface area contributed by atoms with Gasteiger partial charge in [0.1, 0.15) is 5.75 Å². The number of hydrogen-bond donors (Lipinski definition) is 2. The molecular formula is C11H11F3O2. The zero-order chi connectivity index (χ0) is 12.0. The topological polar surface area (TPSA) is 40.5 Å². The van der Waals surface area contributed by atoms with Crippen LogP contribution in [0.3, 0.4) is 0 Å². The fraction of sp³-hybridized carbons (Fsp3) is 0.455. The van der Waals surface area contributed by atoms with Crippen molar-refractivity contribution in [1.29, 1.82) is 0 Å². The van der Waals surface area contributed by atoms with E-state index in [0.717, 1.165) is 0 Å². The molecule has 1 aliphatic rings. The Kier molecular flexibility index (Phi) is 2.38. The molecule has 16 heavy (non-hydrogen) atoms. The number of aromatic hydroxyl groups is 1. The zero-order valence-electron chi connectivity index (χ0n) is 8.38. The van der Waals surface area contributed by atoms with Crippen LogP contribution in [0.4, 0.5) is 13.2 Å². The van der Waals surface area contributed by atoms with Crippen molar-refractivity contribution < 1.29 is 23.4 Å². The number of fused-ring (bicyclic) bond motifs is 1. The van der Waals surface area contributed by atoms with Crippen LogP contribution in [0.15, 0.2) is 18.2 Å².